The summed E-state index contributed by atoms with van der Waals surface area (Å²) < 4.78 is 0. The van der Waals surface area contributed by atoms with E-state index in [1.165, 1.54) is 19.3 Å². The van der Waals surface area contributed by atoms with E-state index in [9.17, 15) is 19.2 Å². The Morgan fingerprint density at radius 2 is 1.91 bits per heavy atom. The Bertz CT molecular complexity index is 1070. The number of carbonyl (C=O) groups is 4. The van der Waals surface area contributed by atoms with Gasteiger partial charge in [-0.25, -0.2) is 0 Å². The first-order chi connectivity index (χ1) is 17.0. The molecule has 186 valence electrons. The number of fused-ring (bicyclic) bond motifs is 1. The number of para-hydroxylation sites is 1. The number of likely N-dealkylation sites (tertiary alicyclic amines) is 1. The van der Waals surface area contributed by atoms with Crippen LogP contribution in [0.4, 0.5) is 0 Å². The Kier molecular flexibility index (Phi) is 6.88. The normalized spacial score (nSPS) is 26.0. The number of benzene rings is 1. The van der Waals surface area contributed by atoms with Crippen molar-refractivity contribution in [1.82, 2.24) is 20.5 Å². The van der Waals surface area contributed by atoms with Crippen LogP contribution in [0.15, 0.2) is 30.3 Å². The SMILES string of the molecule is O=C[C@H](C[C@@H]1CCNC1=O)NC(=O)[C@@H]1C[C@H](C2CCCCC2)CN1C(=O)c1cc2ccccc2[nH]1. The number of amides is 3. The molecule has 0 bridgehead atoms. The van der Waals surface area contributed by atoms with E-state index in [0.717, 1.165) is 23.7 Å². The lowest BCUT2D eigenvalue weighted by atomic mass is 9.79. The molecule has 35 heavy (non-hydrogen) atoms. The number of aromatic nitrogens is 1. The highest BCUT2D eigenvalue weighted by molar-refractivity contribution is 6.00. The van der Waals surface area contributed by atoms with Crippen LogP contribution in [0.1, 0.15) is 61.9 Å². The summed E-state index contributed by atoms with van der Waals surface area (Å²) in [5.74, 6) is -0.0351. The highest BCUT2D eigenvalue weighted by Crippen LogP contribution is 2.38. The van der Waals surface area contributed by atoms with Crippen LogP contribution in [0, 0.1) is 17.8 Å². The predicted octanol–water partition coefficient (Wildman–Crippen LogP) is 2.79. The summed E-state index contributed by atoms with van der Waals surface area (Å²) in [6.07, 6.45) is 8.20. The number of rotatable bonds is 7. The number of nitrogens with one attached hydrogen (secondary N) is 3. The van der Waals surface area contributed by atoms with Gasteiger partial charge < -0.3 is 25.3 Å². The standard InChI is InChI=1S/C27H34N4O4/c32-16-21(12-19-10-11-28-25(19)33)29-26(34)24-14-20(17-6-2-1-3-7-17)15-31(24)27(35)23-13-18-8-4-5-9-22(18)30-23/h4-5,8-9,13,16-17,19-21,24,30H,1-3,6-7,10-12,14-15H2,(H,28,33)(H,29,34)/t19-,20-,21-,24-/m0/s1. The lowest BCUT2D eigenvalue weighted by molar-refractivity contribution is -0.128. The second kappa shape index (κ2) is 10.2. The van der Waals surface area contributed by atoms with Crippen LogP contribution in [0.3, 0.4) is 0 Å². The molecule has 5 rings (SSSR count). The maximum Gasteiger partial charge on any atom is 0.270 e. The third-order valence-electron chi connectivity index (χ3n) is 8.17. The largest absolute Gasteiger partial charge is 0.356 e. The summed E-state index contributed by atoms with van der Waals surface area (Å²) in [6, 6.07) is 8.21. The van der Waals surface area contributed by atoms with Crippen molar-refractivity contribution in [2.75, 3.05) is 13.1 Å². The van der Waals surface area contributed by atoms with E-state index in [1.54, 1.807) is 4.90 Å². The van der Waals surface area contributed by atoms with Crippen LogP contribution in [-0.4, -0.2) is 59.1 Å². The molecule has 1 aliphatic carbocycles. The van der Waals surface area contributed by atoms with E-state index in [2.05, 4.69) is 15.6 Å². The minimum atomic E-state index is -0.741. The van der Waals surface area contributed by atoms with Gasteiger partial charge in [-0.15, -0.1) is 0 Å². The van der Waals surface area contributed by atoms with Gasteiger partial charge in [-0.1, -0.05) is 50.3 Å². The molecule has 8 heteroatoms. The second-order valence-corrected chi connectivity index (χ2v) is 10.4. The van der Waals surface area contributed by atoms with E-state index in [0.29, 0.717) is 43.8 Å². The van der Waals surface area contributed by atoms with Gasteiger partial charge in [-0.2, -0.15) is 0 Å². The van der Waals surface area contributed by atoms with Crippen LogP contribution in [0.5, 0.6) is 0 Å². The fourth-order valence-corrected chi connectivity index (χ4v) is 6.24. The number of carbonyl (C=O) groups excluding carboxylic acids is 4. The molecular weight excluding hydrogens is 444 g/mol. The molecule has 3 heterocycles. The van der Waals surface area contributed by atoms with Gasteiger partial charge in [0.2, 0.25) is 11.8 Å². The molecule has 0 radical (unpaired) electrons. The Morgan fingerprint density at radius 3 is 2.63 bits per heavy atom. The molecule has 1 saturated carbocycles. The van der Waals surface area contributed by atoms with Gasteiger partial charge in [0, 0.05) is 29.9 Å². The van der Waals surface area contributed by atoms with Crippen LogP contribution in [0.2, 0.25) is 0 Å². The Labute approximate surface area is 205 Å². The molecule has 4 atom stereocenters. The van der Waals surface area contributed by atoms with E-state index in [-0.39, 0.29) is 36.0 Å². The summed E-state index contributed by atoms with van der Waals surface area (Å²) in [5, 5.41) is 6.58. The van der Waals surface area contributed by atoms with Crippen molar-refractivity contribution in [3.05, 3.63) is 36.0 Å². The highest BCUT2D eigenvalue weighted by atomic mass is 16.2. The predicted molar refractivity (Wildman–Crippen MR) is 132 cm³/mol. The number of hydrogen-bond donors (Lipinski definition) is 3. The minimum absolute atomic E-state index is 0.0695. The lowest BCUT2D eigenvalue weighted by Crippen LogP contribution is -2.49. The van der Waals surface area contributed by atoms with Gasteiger partial charge in [0.15, 0.2) is 0 Å². The van der Waals surface area contributed by atoms with Gasteiger partial charge in [-0.05, 0) is 43.2 Å². The van der Waals surface area contributed by atoms with Crippen molar-refractivity contribution in [2.24, 2.45) is 17.8 Å². The number of nitrogens with zero attached hydrogens (tertiary/aromatic N) is 1. The lowest BCUT2D eigenvalue weighted by Gasteiger charge is -2.27. The molecule has 3 fully saturated rings. The van der Waals surface area contributed by atoms with E-state index in [4.69, 9.17) is 0 Å². The molecule has 3 N–H and O–H groups in total. The van der Waals surface area contributed by atoms with E-state index in [1.807, 2.05) is 30.3 Å². The maximum atomic E-state index is 13.6. The molecule has 2 saturated heterocycles. The van der Waals surface area contributed by atoms with Crippen LogP contribution in [0.25, 0.3) is 10.9 Å². The van der Waals surface area contributed by atoms with Crippen molar-refractivity contribution >= 4 is 34.9 Å². The maximum absolute atomic E-state index is 13.6. The molecule has 1 aromatic heterocycles. The molecule has 3 aliphatic rings. The van der Waals surface area contributed by atoms with Crippen LogP contribution < -0.4 is 10.6 Å². The number of aromatic amines is 1. The van der Waals surface area contributed by atoms with Crippen molar-refractivity contribution in [1.29, 1.82) is 0 Å². The van der Waals surface area contributed by atoms with Gasteiger partial charge >= 0.3 is 0 Å². The smallest absolute Gasteiger partial charge is 0.270 e. The average Bonchev–Trinajstić information content (AvgIpc) is 3.62. The molecule has 3 amide bonds. The monoisotopic (exact) mass is 478 g/mol. The summed E-state index contributed by atoms with van der Waals surface area (Å²) in [7, 11) is 0. The Hall–Kier alpha value is -3.16. The molecule has 2 aromatic rings. The first-order valence-electron chi connectivity index (χ1n) is 13.0. The minimum Gasteiger partial charge on any atom is -0.356 e. The summed E-state index contributed by atoms with van der Waals surface area (Å²) >= 11 is 0. The number of hydrogen-bond acceptors (Lipinski definition) is 4. The van der Waals surface area contributed by atoms with Gasteiger partial charge in [-0.3, -0.25) is 14.4 Å². The molecule has 0 spiro atoms. The number of H-pyrrole nitrogens is 1. The van der Waals surface area contributed by atoms with Crippen molar-refractivity contribution < 1.29 is 19.2 Å². The Balaban J connectivity index is 1.34. The third-order valence-corrected chi connectivity index (χ3v) is 8.17. The van der Waals surface area contributed by atoms with Gasteiger partial charge in [0.05, 0.1) is 6.04 Å². The molecule has 1 aromatic carbocycles. The third kappa shape index (κ3) is 4.97. The fourth-order valence-electron chi connectivity index (χ4n) is 6.24. The van der Waals surface area contributed by atoms with E-state index < -0.39 is 12.1 Å². The summed E-state index contributed by atoms with van der Waals surface area (Å²) in [5.41, 5.74) is 1.36. The highest BCUT2D eigenvalue weighted by Gasteiger charge is 2.43. The summed E-state index contributed by atoms with van der Waals surface area (Å²) in [6.45, 7) is 1.15. The molecule has 8 nitrogen and oxygen atoms in total. The molecule has 2 aliphatic heterocycles. The van der Waals surface area contributed by atoms with Crippen LogP contribution in [-0.2, 0) is 14.4 Å². The zero-order valence-corrected chi connectivity index (χ0v) is 20.0. The zero-order chi connectivity index (χ0) is 24.4. The van der Waals surface area contributed by atoms with Crippen molar-refractivity contribution in [3.63, 3.8) is 0 Å². The summed E-state index contributed by atoms with van der Waals surface area (Å²) in [4.78, 5) is 55.7. The van der Waals surface area contributed by atoms with E-state index >= 15 is 0 Å². The van der Waals surface area contributed by atoms with Crippen molar-refractivity contribution in [3.8, 4) is 0 Å². The molecule has 0 unspecified atom stereocenters. The quantitative estimate of drug-likeness (QED) is 0.531. The number of aldehydes is 1. The van der Waals surface area contributed by atoms with Gasteiger partial charge in [0.25, 0.3) is 5.91 Å². The first kappa shape index (κ1) is 23.6. The van der Waals surface area contributed by atoms with Crippen molar-refractivity contribution in [2.45, 2.75) is 63.5 Å². The first-order valence-corrected chi connectivity index (χ1v) is 13.0. The van der Waals surface area contributed by atoms with Gasteiger partial charge in [0.1, 0.15) is 18.0 Å². The van der Waals surface area contributed by atoms with Crippen LogP contribution >= 0.6 is 0 Å². The molecular formula is C27H34N4O4. The zero-order valence-electron chi connectivity index (χ0n) is 20.0. The average molecular weight is 479 g/mol. The fraction of sp³-hybridized carbons (Fsp3) is 0.556. The Morgan fingerprint density at radius 1 is 1.11 bits per heavy atom. The second-order valence-electron chi connectivity index (χ2n) is 10.4. The topological polar surface area (TPSA) is 111 Å².